The predicted octanol–water partition coefficient (Wildman–Crippen LogP) is 8.91. The highest BCUT2D eigenvalue weighted by atomic mass is 15.1. The second-order valence-corrected chi connectivity index (χ2v) is 10.5. The minimum atomic E-state index is 0.827. The maximum atomic E-state index is 2.42. The van der Waals surface area contributed by atoms with E-state index < -0.39 is 0 Å². The molecule has 1 aliphatic rings. The van der Waals surface area contributed by atoms with Crippen LogP contribution in [0, 0.1) is 0 Å². The van der Waals surface area contributed by atoms with Crippen molar-refractivity contribution in [2.45, 2.75) is 13.1 Å². The fourth-order valence-corrected chi connectivity index (χ4v) is 6.18. The molecule has 0 N–H and O–H groups in total. The van der Waals surface area contributed by atoms with Crippen LogP contribution < -0.4 is 9.80 Å². The van der Waals surface area contributed by atoms with Crippen LogP contribution in [0.4, 0.5) is 11.4 Å². The molecule has 7 rings (SSSR count). The van der Waals surface area contributed by atoms with E-state index in [1.165, 1.54) is 66.3 Å². The zero-order valence-electron chi connectivity index (χ0n) is 21.9. The van der Waals surface area contributed by atoms with E-state index >= 15 is 0 Å². The summed E-state index contributed by atoms with van der Waals surface area (Å²) in [6.07, 6.45) is 0. The average molecular weight is 491 g/mol. The van der Waals surface area contributed by atoms with Crippen LogP contribution in [-0.2, 0) is 13.1 Å². The lowest BCUT2D eigenvalue weighted by Crippen LogP contribution is -2.19. The molecule has 38 heavy (non-hydrogen) atoms. The summed E-state index contributed by atoms with van der Waals surface area (Å²) in [5, 5.41) is 5.11. The van der Waals surface area contributed by atoms with E-state index in [0.29, 0.717) is 0 Å². The molecule has 0 aliphatic carbocycles. The van der Waals surface area contributed by atoms with Crippen LogP contribution >= 0.6 is 0 Å². The van der Waals surface area contributed by atoms with Crippen molar-refractivity contribution in [1.29, 1.82) is 0 Å². The first kappa shape index (κ1) is 22.6. The van der Waals surface area contributed by atoms with E-state index in [9.17, 15) is 0 Å². The van der Waals surface area contributed by atoms with Gasteiger partial charge >= 0.3 is 0 Å². The van der Waals surface area contributed by atoms with Gasteiger partial charge in [0.15, 0.2) is 0 Å². The van der Waals surface area contributed by atoms with Gasteiger partial charge in [0.1, 0.15) is 0 Å². The number of rotatable bonds is 0. The summed E-state index contributed by atoms with van der Waals surface area (Å²) in [7, 11) is 4.45. The van der Waals surface area contributed by atoms with Gasteiger partial charge in [-0.2, -0.15) is 0 Å². The van der Waals surface area contributed by atoms with Gasteiger partial charge in [-0.1, -0.05) is 109 Å². The summed E-state index contributed by atoms with van der Waals surface area (Å²) in [4.78, 5) is 4.84. The molecule has 2 heteroatoms. The van der Waals surface area contributed by atoms with Gasteiger partial charge in [0.25, 0.3) is 0 Å². The quantitative estimate of drug-likeness (QED) is 0.210. The molecular formula is C36H30N2. The summed E-state index contributed by atoms with van der Waals surface area (Å²) in [5.41, 5.74) is 10.2. The molecule has 0 saturated carbocycles. The van der Waals surface area contributed by atoms with Crippen LogP contribution in [0.15, 0.2) is 121 Å². The molecule has 0 aromatic heterocycles. The Labute approximate surface area is 224 Å². The highest BCUT2D eigenvalue weighted by molar-refractivity contribution is 6.03. The zero-order chi connectivity index (χ0) is 25.6. The SMILES string of the molecule is CN1Cc2cccc(c2)-c2ccc3ccccc3c2N(C)Cc2cccc(c2)-c2ccc3ccccc3c21. The van der Waals surface area contributed by atoms with Gasteiger partial charge in [-0.15, -0.1) is 0 Å². The van der Waals surface area contributed by atoms with Gasteiger partial charge in [0.05, 0.1) is 11.4 Å². The van der Waals surface area contributed by atoms with Crippen molar-refractivity contribution in [2.24, 2.45) is 0 Å². The van der Waals surface area contributed by atoms with Gasteiger partial charge < -0.3 is 9.80 Å². The Balaban J connectivity index is 1.50. The van der Waals surface area contributed by atoms with E-state index in [4.69, 9.17) is 0 Å². The molecule has 0 amide bonds. The monoisotopic (exact) mass is 490 g/mol. The van der Waals surface area contributed by atoms with Gasteiger partial charge in [-0.3, -0.25) is 0 Å². The molecule has 184 valence electrons. The lowest BCUT2D eigenvalue weighted by atomic mass is 9.94. The highest BCUT2D eigenvalue weighted by Crippen LogP contribution is 2.41. The van der Waals surface area contributed by atoms with Gasteiger partial charge in [0.2, 0.25) is 0 Å². The van der Waals surface area contributed by atoms with Gasteiger partial charge in [-0.05, 0) is 45.2 Å². The Morgan fingerprint density at radius 2 is 0.895 bits per heavy atom. The molecule has 6 aromatic carbocycles. The van der Waals surface area contributed by atoms with Crippen LogP contribution in [0.3, 0.4) is 0 Å². The summed E-state index contributed by atoms with van der Waals surface area (Å²) in [5.74, 6) is 0. The molecule has 1 aliphatic heterocycles. The standard InChI is InChI=1S/C36H30N2/c1-37-23-25-9-7-14-30(21-25)34-20-18-28-12-4-6-16-32(28)36(34)38(2)24-26-10-8-13-29(22-26)33-19-17-27-11-3-5-15-31(27)35(33)37/h3-22H,23-24H2,1-2H3. The van der Waals surface area contributed by atoms with Crippen LogP contribution in [0.2, 0.25) is 0 Å². The summed E-state index contributed by atoms with van der Waals surface area (Å²) in [6.45, 7) is 1.65. The van der Waals surface area contributed by atoms with Crippen LogP contribution in [-0.4, -0.2) is 14.1 Å². The Bertz CT molecular complexity index is 1680. The smallest absolute Gasteiger partial charge is 0.0526 e. The van der Waals surface area contributed by atoms with Crippen molar-refractivity contribution in [1.82, 2.24) is 0 Å². The second-order valence-electron chi connectivity index (χ2n) is 10.5. The van der Waals surface area contributed by atoms with Crippen LogP contribution in [0.5, 0.6) is 0 Å². The Morgan fingerprint density at radius 3 is 1.37 bits per heavy atom. The molecule has 2 nitrogen and oxygen atoms in total. The molecule has 0 unspecified atom stereocenters. The number of hydrogen-bond acceptors (Lipinski definition) is 2. The normalized spacial score (nSPS) is 13.2. The van der Waals surface area contributed by atoms with Crippen LogP contribution in [0.1, 0.15) is 11.1 Å². The number of nitrogens with zero attached hydrogens (tertiary/aromatic N) is 2. The average Bonchev–Trinajstić information content (AvgIpc) is 2.95. The highest BCUT2D eigenvalue weighted by Gasteiger charge is 2.18. The van der Waals surface area contributed by atoms with E-state index in [2.05, 4.69) is 145 Å². The number of anilines is 2. The number of hydrogen-bond donors (Lipinski definition) is 0. The first-order valence-electron chi connectivity index (χ1n) is 13.3. The summed E-state index contributed by atoms with van der Waals surface area (Å²) < 4.78 is 0. The third kappa shape index (κ3) is 3.81. The van der Waals surface area contributed by atoms with Crippen molar-refractivity contribution < 1.29 is 0 Å². The largest absolute Gasteiger partial charge is 0.369 e. The maximum Gasteiger partial charge on any atom is 0.0526 e. The number of fused-ring (bicyclic) bond motifs is 12. The lowest BCUT2D eigenvalue weighted by molar-refractivity contribution is 0.923. The number of benzene rings is 6. The summed E-state index contributed by atoms with van der Waals surface area (Å²) in [6, 6.07) is 44.7. The van der Waals surface area contributed by atoms with E-state index in [-0.39, 0.29) is 0 Å². The third-order valence-corrected chi connectivity index (χ3v) is 7.88. The molecule has 0 radical (unpaired) electrons. The van der Waals surface area contributed by atoms with E-state index in [0.717, 1.165) is 13.1 Å². The molecule has 0 atom stereocenters. The van der Waals surface area contributed by atoms with Crippen molar-refractivity contribution in [3.05, 3.63) is 132 Å². The van der Waals surface area contributed by atoms with Gasteiger partial charge in [0, 0.05) is 49.1 Å². The Hall–Kier alpha value is -4.56. The Morgan fingerprint density at radius 1 is 0.447 bits per heavy atom. The van der Waals surface area contributed by atoms with Crippen molar-refractivity contribution in [2.75, 3.05) is 23.9 Å². The first-order valence-corrected chi connectivity index (χ1v) is 13.3. The Kier molecular flexibility index (Phi) is 5.40. The van der Waals surface area contributed by atoms with Crippen molar-refractivity contribution in [3.8, 4) is 22.3 Å². The lowest BCUT2D eigenvalue weighted by Gasteiger charge is -2.28. The van der Waals surface area contributed by atoms with Crippen molar-refractivity contribution in [3.63, 3.8) is 0 Å². The zero-order valence-corrected chi connectivity index (χ0v) is 21.9. The molecule has 0 fully saturated rings. The first-order chi connectivity index (χ1) is 18.7. The fraction of sp³-hybridized carbons (Fsp3) is 0.111. The second kappa shape index (κ2) is 9.08. The van der Waals surface area contributed by atoms with E-state index in [1.54, 1.807) is 0 Å². The minimum absolute atomic E-state index is 0.827. The predicted molar refractivity (Wildman–Crippen MR) is 163 cm³/mol. The minimum Gasteiger partial charge on any atom is -0.369 e. The summed E-state index contributed by atoms with van der Waals surface area (Å²) >= 11 is 0. The fourth-order valence-electron chi connectivity index (χ4n) is 6.18. The molecule has 1 heterocycles. The molecule has 6 aromatic rings. The van der Waals surface area contributed by atoms with Crippen molar-refractivity contribution >= 4 is 32.9 Å². The molecule has 0 saturated heterocycles. The van der Waals surface area contributed by atoms with E-state index in [1.807, 2.05) is 0 Å². The third-order valence-electron chi connectivity index (χ3n) is 7.88. The van der Waals surface area contributed by atoms with Crippen LogP contribution in [0.25, 0.3) is 43.8 Å². The maximum absolute atomic E-state index is 2.42. The molecule has 4 bridgehead atoms. The van der Waals surface area contributed by atoms with Gasteiger partial charge in [-0.25, -0.2) is 0 Å². The molecule has 0 spiro atoms. The molecular weight excluding hydrogens is 460 g/mol. The topological polar surface area (TPSA) is 6.48 Å².